The van der Waals surface area contributed by atoms with Crippen molar-refractivity contribution in [3.05, 3.63) is 57.6 Å². The second-order valence-electron chi connectivity index (χ2n) is 7.40. The number of benzene rings is 2. The molecule has 0 atom stereocenters. The number of nitrogens with zero attached hydrogens (tertiary/aromatic N) is 1. The standard InChI is InChI=1S/C21H25BrN2O3S/c1-14-4-7-20(16(3)12-14)28(26,27)24-10-8-17(9-11-24)21(25)23-19-13-18(22)6-5-15(19)2/h4-7,12-13,17H,8-11H2,1-3H3,(H,23,25). The van der Waals surface area contributed by atoms with Gasteiger partial charge in [0.1, 0.15) is 0 Å². The zero-order valence-corrected chi connectivity index (χ0v) is 18.7. The van der Waals surface area contributed by atoms with E-state index in [-0.39, 0.29) is 11.8 Å². The minimum absolute atomic E-state index is 0.0511. The highest BCUT2D eigenvalue weighted by atomic mass is 79.9. The fourth-order valence-electron chi connectivity index (χ4n) is 3.55. The van der Waals surface area contributed by atoms with E-state index < -0.39 is 10.0 Å². The van der Waals surface area contributed by atoms with Gasteiger partial charge in [-0.2, -0.15) is 4.31 Å². The van der Waals surface area contributed by atoms with Crippen molar-refractivity contribution in [1.29, 1.82) is 0 Å². The van der Waals surface area contributed by atoms with Gasteiger partial charge < -0.3 is 5.32 Å². The lowest BCUT2D eigenvalue weighted by atomic mass is 9.97. The first kappa shape index (κ1) is 21.0. The smallest absolute Gasteiger partial charge is 0.243 e. The maximum absolute atomic E-state index is 13.0. The highest BCUT2D eigenvalue weighted by Crippen LogP contribution is 2.28. The first-order valence-electron chi connectivity index (χ1n) is 9.33. The lowest BCUT2D eigenvalue weighted by molar-refractivity contribution is -0.120. The minimum Gasteiger partial charge on any atom is -0.326 e. The minimum atomic E-state index is -3.53. The van der Waals surface area contributed by atoms with E-state index in [2.05, 4.69) is 21.2 Å². The highest BCUT2D eigenvalue weighted by molar-refractivity contribution is 9.10. The third kappa shape index (κ3) is 4.47. The van der Waals surface area contributed by atoms with Crippen molar-refractivity contribution in [2.45, 2.75) is 38.5 Å². The molecule has 1 heterocycles. The van der Waals surface area contributed by atoms with E-state index in [9.17, 15) is 13.2 Å². The van der Waals surface area contributed by atoms with Gasteiger partial charge in [0.25, 0.3) is 0 Å². The van der Waals surface area contributed by atoms with E-state index in [1.165, 1.54) is 4.31 Å². The van der Waals surface area contributed by atoms with Crippen LogP contribution in [-0.4, -0.2) is 31.7 Å². The Balaban J connectivity index is 1.66. The van der Waals surface area contributed by atoms with E-state index in [1.54, 1.807) is 6.07 Å². The third-order valence-corrected chi connectivity index (χ3v) is 7.78. The summed E-state index contributed by atoms with van der Waals surface area (Å²) >= 11 is 3.42. The zero-order valence-electron chi connectivity index (χ0n) is 16.3. The summed E-state index contributed by atoms with van der Waals surface area (Å²) in [7, 11) is -3.53. The maximum Gasteiger partial charge on any atom is 0.243 e. The van der Waals surface area contributed by atoms with Crippen LogP contribution in [0.3, 0.4) is 0 Å². The van der Waals surface area contributed by atoms with Crippen LogP contribution in [0.25, 0.3) is 0 Å². The number of aryl methyl sites for hydroxylation is 3. The van der Waals surface area contributed by atoms with Crippen LogP contribution in [0.1, 0.15) is 29.5 Å². The van der Waals surface area contributed by atoms with Crippen molar-refractivity contribution in [2.75, 3.05) is 18.4 Å². The summed E-state index contributed by atoms with van der Waals surface area (Å²) in [6.45, 7) is 6.42. The van der Waals surface area contributed by atoms with Crippen LogP contribution >= 0.6 is 15.9 Å². The summed E-state index contributed by atoms with van der Waals surface area (Å²) in [5, 5.41) is 2.98. The molecule has 28 heavy (non-hydrogen) atoms. The average molecular weight is 465 g/mol. The Morgan fingerprint density at radius 1 is 1.04 bits per heavy atom. The van der Waals surface area contributed by atoms with E-state index >= 15 is 0 Å². The highest BCUT2D eigenvalue weighted by Gasteiger charge is 2.32. The molecule has 0 bridgehead atoms. The van der Waals surface area contributed by atoms with Crippen LogP contribution in [0, 0.1) is 26.7 Å². The van der Waals surface area contributed by atoms with E-state index in [0.717, 1.165) is 26.9 Å². The quantitative estimate of drug-likeness (QED) is 0.728. The van der Waals surface area contributed by atoms with Crippen molar-refractivity contribution < 1.29 is 13.2 Å². The Morgan fingerprint density at radius 3 is 2.36 bits per heavy atom. The van der Waals surface area contributed by atoms with Gasteiger partial charge in [-0.05, 0) is 62.9 Å². The SMILES string of the molecule is Cc1ccc(S(=O)(=O)N2CCC(C(=O)Nc3cc(Br)ccc3C)CC2)c(C)c1. The van der Waals surface area contributed by atoms with Gasteiger partial charge >= 0.3 is 0 Å². The first-order chi connectivity index (χ1) is 13.2. The van der Waals surface area contributed by atoms with Gasteiger partial charge in [0.15, 0.2) is 0 Å². The van der Waals surface area contributed by atoms with Gasteiger partial charge in [-0.15, -0.1) is 0 Å². The summed E-state index contributed by atoms with van der Waals surface area (Å²) in [4.78, 5) is 13.0. The molecule has 2 aromatic carbocycles. The number of hydrogen-bond donors (Lipinski definition) is 1. The van der Waals surface area contributed by atoms with Crippen LogP contribution < -0.4 is 5.32 Å². The van der Waals surface area contributed by atoms with Gasteiger partial charge in [-0.3, -0.25) is 4.79 Å². The van der Waals surface area contributed by atoms with Crippen molar-refractivity contribution in [2.24, 2.45) is 5.92 Å². The number of amides is 1. The number of rotatable bonds is 4. The molecule has 5 nitrogen and oxygen atoms in total. The summed E-state index contributed by atoms with van der Waals surface area (Å²) < 4.78 is 28.4. The molecule has 1 amide bonds. The second-order valence-corrected chi connectivity index (χ2v) is 10.2. The van der Waals surface area contributed by atoms with Crippen molar-refractivity contribution in [1.82, 2.24) is 4.31 Å². The van der Waals surface area contributed by atoms with E-state index in [0.29, 0.717) is 30.8 Å². The van der Waals surface area contributed by atoms with Gasteiger partial charge in [0, 0.05) is 29.2 Å². The van der Waals surface area contributed by atoms with Crippen molar-refractivity contribution in [3.8, 4) is 0 Å². The largest absolute Gasteiger partial charge is 0.326 e. The molecule has 0 saturated carbocycles. The number of hydrogen-bond acceptors (Lipinski definition) is 3. The van der Waals surface area contributed by atoms with Crippen molar-refractivity contribution in [3.63, 3.8) is 0 Å². The Morgan fingerprint density at radius 2 is 1.71 bits per heavy atom. The Hall–Kier alpha value is -1.70. The second kappa shape index (κ2) is 8.35. The van der Waals surface area contributed by atoms with Crippen LogP contribution in [0.2, 0.25) is 0 Å². The lowest BCUT2D eigenvalue weighted by Crippen LogP contribution is -2.41. The number of carbonyl (C=O) groups is 1. The fourth-order valence-corrected chi connectivity index (χ4v) is 5.59. The molecule has 0 radical (unpaired) electrons. The molecule has 3 rings (SSSR count). The third-order valence-electron chi connectivity index (χ3n) is 5.23. The molecule has 1 saturated heterocycles. The molecule has 1 N–H and O–H groups in total. The molecule has 2 aromatic rings. The molecule has 0 spiro atoms. The predicted octanol–water partition coefficient (Wildman–Crippen LogP) is 4.41. The van der Waals surface area contributed by atoms with Gasteiger partial charge in [-0.1, -0.05) is 39.7 Å². The fraction of sp³-hybridized carbons (Fsp3) is 0.381. The summed E-state index contributed by atoms with van der Waals surface area (Å²) in [5.74, 6) is -0.242. The monoisotopic (exact) mass is 464 g/mol. The topological polar surface area (TPSA) is 66.5 Å². The molecule has 0 aromatic heterocycles. The maximum atomic E-state index is 13.0. The van der Waals surface area contributed by atoms with Gasteiger partial charge in [0.2, 0.25) is 15.9 Å². The summed E-state index contributed by atoms with van der Waals surface area (Å²) in [6, 6.07) is 11.1. The number of piperidine rings is 1. The molecule has 150 valence electrons. The molecule has 7 heteroatoms. The van der Waals surface area contributed by atoms with Crippen LogP contribution in [0.15, 0.2) is 45.8 Å². The number of nitrogens with one attached hydrogen (secondary N) is 1. The normalized spacial score (nSPS) is 16.1. The summed E-state index contributed by atoms with van der Waals surface area (Å²) in [5.41, 5.74) is 3.57. The molecular weight excluding hydrogens is 440 g/mol. The van der Waals surface area contributed by atoms with E-state index in [1.807, 2.05) is 51.1 Å². The van der Waals surface area contributed by atoms with E-state index in [4.69, 9.17) is 0 Å². The Bertz CT molecular complexity index is 997. The average Bonchev–Trinajstić information content (AvgIpc) is 2.64. The molecule has 1 aliphatic heterocycles. The molecular formula is C21H25BrN2O3S. The number of halogens is 1. The molecule has 1 aliphatic rings. The molecule has 1 fully saturated rings. The summed E-state index contributed by atoms with van der Waals surface area (Å²) in [6.07, 6.45) is 1.03. The Kier molecular flexibility index (Phi) is 6.27. The van der Waals surface area contributed by atoms with Crippen LogP contribution in [0.5, 0.6) is 0 Å². The predicted molar refractivity (Wildman–Crippen MR) is 115 cm³/mol. The van der Waals surface area contributed by atoms with Crippen LogP contribution in [-0.2, 0) is 14.8 Å². The number of anilines is 1. The van der Waals surface area contributed by atoms with Crippen LogP contribution in [0.4, 0.5) is 5.69 Å². The number of sulfonamides is 1. The van der Waals surface area contributed by atoms with Crippen molar-refractivity contribution >= 4 is 37.5 Å². The number of carbonyl (C=O) groups excluding carboxylic acids is 1. The van der Waals surface area contributed by atoms with Gasteiger partial charge in [-0.25, -0.2) is 8.42 Å². The first-order valence-corrected chi connectivity index (χ1v) is 11.6. The zero-order chi connectivity index (χ0) is 20.5. The molecule has 0 aliphatic carbocycles. The lowest BCUT2D eigenvalue weighted by Gasteiger charge is -2.31. The van der Waals surface area contributed by atoms with Gasteiger partial charge in [0.05, 0.1) is 4.90 Å². The Labute approximate surface area is 175 Å². The molecule has 0 unspecified atom stereocenters.